The number of rotatable bonds is 2. The van der Waals surface area contributed by atoms with E-state index in [1.54, 1.807) is 18.2 Å². The largest absolute Gasteiger partial charge is 0.453 e. The lowest BCUT2D eigenvalue weighted by atomic mass is 9.79. The molecular formula is C21H14Cl2O2. The van der Waals surface area contributed by atoms with Crippen molar-refractivity contribution in [3.05, 3.63) is 105 Å². The molecule has 2 unspecified atom stereocenters. The molecule has 3 aromatic carbocycles. The lowest BCUT2D eigenvalue weighted by Crippen LogP contribution is -2.27. The highest BCUT2D eigenvalue weighted by atomic mass is 35.5. The van der Waals surface area contributed by atoms with Gasteiger partial charge in [0.2, 0.25) is 0 Å². The van der Waals surface area contributed by atoms with E-state index in [0.717, 1.165) is 16.7 Å². The van der Waals surface area contributed by atoms with E-state index >= 15 is 0 Å². The summed E-state index contributed by atoms with van der Waals surface area (Å²) >= 11 is 12.2. The molecule has 1 aliphatic heterocycles. The molecule has 0 saturated carbocycles. The first-order valence-corrected chi connectivity index (χ1v) is 8.70. The summed E-state index contributed by atoms with van der Waals surface area (Å²) in [7, 11) is 0. The number of benzene rings is 3. The average Bonchev–Trinajstić information content (AvgIpc) is 2.65. The molecule has 2 atom stereocenters. The number of hydrogen-bond donors (Lipinski definition) is 0. The van der Waals surface area contributed by atoms with Crippen molar-refractivity contribution in [1.82, 2.24) is 0 Å². The monoisotopic (exact) mass is 368 g/mol. The Labute approximate surface area is 156 Å². The smallest absolute Gasteiger partial charge is 0.339 e. The fourth-order valence-electron chi connectivity index (χ4n) is 3.33. The third-order valence-corrected chi connectivity index (χ3v) is 5.22. The van der Waals surface area contributed by atoms with Crippen LogP contribution in [0, 0.1) is 0 Å². The molecule has 2 nitrogen and oxygen atoms in total. The predicted octanol–water partition coefficient (Wildman–Crippen LogP) is 6.04. The van der Waals surface area contributed by atoms with Crippen LogP contribution in [-0.2, 0) is 4.74 Å². The van der Waals surface area contributed by atoms with Gasteiger partial charge in [-0.15, -0.1) is 0 Å². The molecule has 124 valence electrons. The van der Waals surface area contributed by atoms with Crippen molar-refractivity contribution < 1.29 is 9.53 Å². The SMILES string of the molecule is O=C1OC(c2ccc(Cl)c(Cl)c2)C(c2ccccc2)c2ccccc21. The van der Waals surface area contributed by atoms with Gasteiger partial charge >= 0.3 is 5.97 Å². The molecule has 4 heteroatoms. The fraction of sp³-hybridized carbons (Fsp3) is 0.0952. The summed E-state index contributed by atoms with van der Waals surface area (Å²) in [6, 6.07) is 23.0. The molecule has 0 radical (unpaired) electrons. The molecule has 1 aliphatic rings. The Kier molecular flexibility index (Phi) is 4.24. The summed E-state index contributed by atoms with van der Waals surface area (Å²) < 4.78 is 5.82. The van der Waals surface area contributed by atoms with Crippen molar-refractivity contribution in [3.8, 4) is 0 Å². The van der Waals surface area contributed by atoms with Gasteiger partial charge in [-0.2, -0.15) is 0 Å². The van der Waals surface area contributed by atoms with Crippen molar-refractivity contribution in [3.63, 3.8) is 0 Å². The minimum absolute atomic E-state index is 0.104. The molecule has 0 amide bonds. The number of cyclic esters (lactones) is 1. The maximum atomic E-state index is 12.5. The van der Waals surface area contributed by atoms with Crippen LogP contribution in [-0.4, -0.2) is 5.97 Å². The van der Waals surface area contributed by atoms with Crippen LogP contribution in [0.3, 0.4) is 0 Å². The highest BCUT2D eigenvalue weighted by molar-refractivity contribution is 6.42. The van der Waals surface area contributed by atoms with Crippen LogP contribution in [0.1, 0.15) is 39.1 Å². The third kappa shape index (κ3) is 2.92. The summed E-state index contributed by atoms with van der Waals surface area (Å²) in [4.78, 5) is 12.5. The Morgan fingerprint density at radius 2 is 1.48 bits per heavy atom. The van der Waals surface area contributed by atoms with Crippen LogP contribution in [0.15, 0.2) is 72.8 Å². The summed E-state index contributed by atoms with van der Waals surface area (Å²) in [5.74, 6) is -0.425. The minimum atomic E-state index is -0.459. The molecule has 4 rings (SSSR count). The van der Waals surface area contributed by atoms with E-state index in [2.05, 4.69) is 0 Å². The number of carbonyl (C=O) groups excluding carboxylic acids is 1. The third-order valence-electron chi connectivity index (χ3n) is 4.48. The van der Waals surface area contributed by atoms with Crippen LogP contribution in [0.2, 0.25) is 10.0 Å². The number of hydrogen-bond acceptors (Lipinski definition) is 2. The van der Waals surface area contributed by atoms with Gasteiger partial charge in [0.05, 0.1) is 21.5 Å². The van der Waals surface area contributed by atoms with E-state index in [1.807, 2.05) is 54.6 Å². The second-order valence-electron chi connectivity index (χ2n) is 5.98. The van der Waals surface area contributed by atoms with E-state index in [9.17, 15) is 4.79 Å². The van der Waals surface area contributed by atoms with Crippen molar-refractivity contribution in [2.75, 3.05) is 0 Å². The van der Waals surface area contributed by atoms with Gasteiger partial charge in [0.1, 0.15) is 6.10 Å². The summed E-state index contributed by atoms with van der Waals surface area (Å²) in [5, 5.41) is 0.921. The topological polar surface area (TPSA) is 26.3 Å². The number of esters is 1. The van der Waals surface area contributed by atoms with Crippen molar-refractivity contribution >= 4 is 29.2 Å². The normalized spacial score (nSPS) is 19.2. The fourth-order valence-corrected chi connectivity index (χ4v) is 3.64. The molecule has 0 bridgehead atoms. The summed E-state index contributed by atoms with van der Waals surface area (Å²) in [6.07, 6.45) is -0.459. The molecule has 3 aromatic rings. The van der Waals surface area contributed by atoms with Crippen LogP contribution < -0.4 is 0 Å². The molecule has 1 heterocycles. The zero-order valence-corrected chi connectivity index (χ0v) is 14.7. The van der Waals surface area contributed by atoms with Crippen molar-refractivity contribution in [2.45, 2.75) is 12.0 Å². The van der Waals surface area contributed by atoms with Crippen LogP contribution in [0.25, 0.3) is 0 Å². The molecule has 0 spiro atoms. The second kappa shape index (κ2) is 6.55. The number of halogens is 2. The van der Waals surface area contributed by atoms with Crippen molar-refractivity contribution in [2.24, 2.45) is 0 Å². The maximum Gasteiger partial charge on any atom is 0.339 e. The van der Waals surface area contributed by atoms with Gasteiger partial charge in [-0.1, -0.05) is 77.8 Å². The first-order valence-electron chi connectivity index (χ1n) is 7.95. The van der Waals surface area contributed by atoms with Gasteiger partial charge in [-0.25, -0.2) is 4.79 Å². The molecule has 0 aliphatic carbocycles. The molecule has 0 saturated heterocycles. The van der Waals surface area contributed by atoms with E-state index < -0.39 is 6.10 Å². The predicted molar refractivity (Wildman–Crippen MR) is 99.3 cm³/mol. The lowest BCUT2D eigenvalue weighted by Gasteiger charge is -2.33. The van der Waals surface area contributed by atoms with Gasteiger partial charge in [0.15, 0.2) is 0 Å². The summed E-state index contributed by atoms with van der Waals surface area (Å²) in [5.41, 5.74) is 3.47. The standard InChI is InChI=1S/C21H14Cl2O2/c22-17-11-10-14(12-18(17)23)20-19(13-6-2-1-3-7-13)15-8-4-5-9-16(15)21(24)25-20/h1-12,19-20H. The average molecular weight is 369 g/mol. The van der Waals surface area contributed by atoms with Crippen LogP contribution in [0.5, 0.6) is 0 Å². The van der Waals surface area contributed by atoms with E-state index in [4.69, 9.17) is 27.9 Å². The lowest BCUT2D eigenvalue weighted by molar-refractivity contribution is 0.0204. The first-order chi connectivity index (χ1) is 12.1. The van der Waals surface area contributed by atoms with E-state index in [0.29, 0.717) is 15.6 Å². The molecular weight excluding hydrogens is 355 g/mol. The zero-order valence-electron chi connectivity index (χ0n) is 13.2. The second-order valence-corrected chi connectivity index (χ2v) is 6.79. The van der Waals surface area contributed by atoms with Gasteiger partial charge in [0.25, 0.3) is 0 Å². The zero-order chi connectivity index (χ0) is 17.4. The van der Waals surface area contributed by atoms with E-state index in [1.165, 1.54) is 0 Å². The Hall–Kier alpha value is -2.29. The quantitative estimate of drug-likeness (QED) is 0.515. The molecule has 0 fully saturated rings. The number of fused-ring (bicyclic) bond motifs is 1. The van der Waals surface area contributed by atoms with Gasteiger partial charge in [-0.3, -0.25) is 0 Å². The molecule has 0 aromatic heterocycles. The maximum absolute atomic E-state index is 12.5. The van der Waals surface area contributed by atoms with Gasteiger partial charge < -0.3 is 4.74 Å². The highest BCUT2D eigenvalue weighted by Gasteiger charge is 2.37. The van der Waals surface area contributed by atoms with Crippen molar-refractivity contribution in [1.29, 1.82) is 0 Å². The first kappa shape index (κ1) is 16.2. The summed E-state index contributed by atoms with van der Waals surface area (Å²) in [6.45, 7) is 0. The number of ether oxygens (including phenoxy) is 1. The minimum Gasteiger partial charge on any atom is -0.453 e. The van der Waals surface area contributed by atoms with Gasteiger partial charge in [-0.05, 0) is 34.9 Å². The Morgan fingerprint density at radius 1 is 0.760 bits per heavy atom. The highest BCUT2D eigenvalue weighted by Crippen LogP contribution is 2.45. The Morgan fingerprint density at radius 3 is 2.24 bits per heavy atom. The van der Waals surface area contributed by atoms with Crippen LogP contribution >= 0.6 is 23.2 Å². The molecule has 0 N–H and O–H groups in total. The Bertz CT molecular complexity index is 938. The number of carbonyl (C=O) groups is 1. The van der Waals surface area contributed by atoms with Crippen LogP contribution in [0.4, 0.5) is 0 Å². The Balaban J connectivity index is 1.90. The molecule has 25 heavy (non-hydrogen) atoms. The van der Waals surface area contributed by atoms with Gasteiger partial charge in [0, 0.05) is 0 Å². The van der Waals surface area contributed by atoms with E-state index in [-0.39, 0.29) is 11.9 Å².